The number of ketones is 1. The normalized spacial score (nSPS) is 10.7. The zero-order valence-electron chi connectivity index (χ0n) is 10.1. The maximum absolute atomic E-state index is 12.3. The number of halogens is 2. The molecule has 0 aliphatic heterocycles. The van der Waals surface area contributed by atoms with E-state index in [9.17, 15) is 4.79 Å². The van der Waals surface area contributed by atoms with E-state index in [-0.39, 0.29) is 5.78 Å². The van der Waals surface area contributed by atoms with Gasteiger partial charge >= 0.3 is 0 Å². The molecule has 0 unspecified atom stereocenters. The number of thiophene rings is 1. The predicted molar refractivity (Wildman–Crippen MR) is 83.7 cm³/mol. The maximum Gasteiger partial charge on any atom is 0.177 e. The van der Waals surface area contributed by atoms with Crippen LogP contribution in [0.2, 0.25) is 0 Å². The highest BCUT2D eigenvalue weighted by atomic mass is 79.9. The molecule has 0 saturated heterocycles. The van der Waals surface area contributed by atoms with Gasteiger partial charge in [-0.2, -0.15) is 0 Å². The summed E-state index contributed by atoms with van der Waals surface area (Å²) in [6.07, 6.45) is 0.470. The molecule has 0 atom stereocenters. The van der Waals surface area contributed by atoms with Gasteiger partial charge in [-0.25, -0.2) is 0 Å². The van der Waals surface area contributed by atoms with Gasteiger partial charge in [0.1, 0.15) is 0 Å². The van der Waals surface area contributed by atoms with Crippen molar-refractivity contribution in [3.8, 4) is 0 Å². The summed E-state index contributed by atoms with van der Waals surface area (Å²) in [5.74, 6) is 0.170. The molecule has 1 aromatic carbocycles. The second kappa shape index (κ2) is 5.68. The molecule has 1 aromatic heterocycles. The van der Waals surface area contributed by atoms with Gasteiger partial charge in [0.2, 0.25) is 0 Å². The van der Waals surface area contributed by atoms with Crippen molar-refractivity contribution >= 4 is 49.0 Å². The Bertz CT molecular complexity index is 562. The van der Waals surface area contributed by atoms with Gasteiger partial charge < -0.3 is 0 Å². The van der Waals surface area contributed by atoms with Crippen molar-refractivity contribution in [1.29, 1.82) is 0 Å². The summed E-state index contributed by atoms with van der Waals surface area (Å²) in [6, 6.07) is 8.01. The van der Waals surface area contributed by atoms with Gasteiger partial charge in [-0.15, -0.1) is 11.3 Å². The Morgan fingerprint density at radius 3 is 2.33 bits per heavy atom. The quantitative estimate of drug-likeness (QED) is 0.651. The van der Waals surface area contributed by atoms with E-state index in [1.54, 1.807) is 0 Å². The summed E-state index contributed by atoms with van der Waals surface area (Å²) in [7, 11) is 0. The number of benzene rings is 1. The lowest BCUT2D eigenvalue weighted by atomic mass is 9.98. The molecule has 0 aliphatic rings. The van der Waals surface area contributed by atoms with Crippen LogP contribution in [0.1, 0.15) is 26.4 Å². The first kappa shape index (κ1) is 14.0. The highest BCUT2D eigenvalue weighted by Gasteiger charge is 2.14. The van der Waals surface area contributed by atoms with E-state index in [0.29, 0.717) is 6.42 Å². The number of Topliss-reactive ketones (excluding diaryl/α,β-unsaturated/α-hetero) is 1. The number of aryl methyl sites for hydroxylation is 2. The molecule has 0 fully saturated rings. The van der Waals surface area contributed by atoms with Crippen LogP contribution in [0.15, 0.2) is 32.5 Å². The average molecular weight is 388 g/mol. The van der Waals surface area contributed by atoms with Crippen molar-refractivity contribution in [3.63, 3.8) is 0 Å². The molecule has 4 heteroatoms. The molecule has 0 amide bonds. The molecular weight excluding hydrogens is 376 g/mol. The fourth-order valence-corrected chi connectivity index (χ4v) is 3.83. The van der Waals surface area contributed by atoms with Gasteiger partial charge in [0, 0.05) is 10.9 Å². The van der Waals surface area contributed by atoms with Gasteiger partial charge in [-0.3, -0.25) is 4.79 Å². The lowest BCUT2D eigenvalue weighted by Crippen LogP contribution is -2.04. The van der Waals surface area contributed by atoms with E-state index in [2.05, 4.69) is 57.8 Å². The third-order valence-electron chi connectivity index (χ3n) is 2.90. The van der Waals surface area contributed by atoms with E-state index in [1.807, 2.05) is 12.1 Å². The number of carbonyl (C=O) groups is 1. The van der Waals surface area contributed by atoms with Crippen LogP contribution in [0.4, 0.5) is 0 Å². The van der Waals surface area contributed by atoms with Crippen molar-refractivity contribution in [2.75, 3.05) is 0 Å². The SMILES string of the molecule is Cc1cccc(C)c1CC(=O)c1cc(Br)c(Br)s1. The molecule has 0 bridgehead atoms. The maximum atomic E-state index is 12.3. The van der Waals surface area contributed by atoms with Gasteiger partial charge in [0.25, 0.3) is 0 Å². The third kappa shape index (κ3) is 2.92. The second-order valence-corrected chi connectivity index (χ2v) is 7.43. The monoisotopic (exact) mass is 386 g/mol. The summed E-state index contributed by atoms with van der Waals surface area (Å²) in [4.78, 5) is 13.0. The molecule has 0 aliphatic carbocycles. The van der Waals surface area contributed by atoms with E-state index in [4.69, 9.17) is 0 Å². The van der Waals surface area contributed by atoms with E-state index in [0.717, 1.165) is 18.7 Å². The number of hydrogen-bond acceptors (Lipinski definition) is 2. The molecule has 0 radical (unpaired) electrons. The molecule has 1 heterocycles. The molecular formula is C14H12Br2OS. The minimum absolute atomic E-state index is 0.170. The minimum Gasteiger partial charge on any atom is -0.293 e. The Morgan fingerprint density at radius 1 is 1.22 bits per heavy atom. The first-order valence-corrected chi connectivity index (χ1v) is 7.92. The zero-order chi connectivity index (χ0) is 13.3. The van der Waals surface area contributed by atoms with Crippen LogP contribution in [-0.2, 0) is 6.42 Å². The Kier molecular flexibility index (Phi) is 4.41. The first-order valence-electron chi connectivity index (χ1n) is 5.52. The smallest absolute Gasteiger partial charge is 0.177 e. The van der Waals surface area contributed by atoms with Crippen molar-refractivity contribution in [3.05, 3.63) is 54.1 Å². The highest BCUT2D eigenvalue weighted by Crippen LogP contribution is 2.33. The van der Waals surface area contributed by atoms with Crippen LogP contribution in [0.5, 0.6) is 0 Å². The van der Waals surface area contributed by atoms with Crippen LogP contribution in [0.25, 0.3) is 0 Å². The Labute approximate surface area is 127 Å². The fourth-order valence-electron chi connectivity index (χ4n) is 1.86. The Hall–Kier alpha value is -0.450. The van der Waals surface area contributed by atoms with Crippen LogP contribution in [-0.4, -0.2) is 5.78 Å². The number of hydrogen-bond donors (Lipinski definition) is 0. The van der Waals surface area contributed by atoms with Crippen molar-refractivity contribution in [2.24, 2.45) is 0 Å². The predicted octanol–water partition coefficient (Wildman–Crippen LogP) is 5.32. The molecule has 2 rings (SSSR count). The van der Waals surface area contributed by atoms with Crippen molar-refractivity contribution in [2.45, 2.75) is 20.3 Å². The molecule has 0 spiro atoms. The van der Waals surface area contributed by atoms with E-state index < -0.39 is 0 Å². The largest absolute Gasteiger partial charge is 0.293 e. The van der Waals surface area contributed by atoms with Gasteiger partial charge in [-0.05, 0) is 68.5 Å². The van der Waals surface area contributed by atoms with Crippen molar-refractivity contribution < 1.29 is 4.79 Å². The topological polar surface area (TPSA) is 17.1 Å². The van der Waals surface area contributed by atoms with Gasteiger partial charge in [-0.1, -0.05) is 18.2 Å². The Morgan fingerprint density at radius 2 is 1.83 bits per heavy atom. The standard InChI is InChI=1S/C14H12Br2OS/c1-8-4-3-5-9(2)10(8)6-12(17)13-7-11(15)14(16)18-13/h3-5,7H,6H2,1-2H3. The second-order valence-electron chi connectivity index (χ2n) is 4.20. The summed E-state index contributed by atoms with van der Waals surface area (Å²) >= 11 is 8.30. The summed E-state index contributed by atoms with van der Waals surface area (Å²) in [5.41, 5.74) is 3.50. The van der Waals surface area contributed by atoms with E-state index >= 15 is 0 Å². The summed E-state index contributed by atoms with van der Waals surface area (Å²) in [5, 5.41) is 0. The zero-order valence-corrected chi connectivity index (χ0v) is 14.1. The van der Waals surface area contributed by atoms with E-state index in [1.165, 1.54) is 22.5 Å². The lowest BCUT2D eigenvalue weighted by Gasteiger charge is -2.07. The lowest BCUT2D eigenvalue weighted by molar-refractivity contribution is 0.0996. The molecule has 2 aromatic rings. The fraction of sp³-hybridized carbons (Fsp3) is 0.214. The number of carbonyl (C=O) groups excluding carboxylic acids is 1. The molecule has 0 N–H and O–H groups in total. The van der Waals surface area contributed by atoms with Crippen LogP contribution >= 0.6 is 43.2 Å². The molecule has 1 nitrogen and oxygen atoms in total. The molecule has 0 saturated carbocycles. The van der Waals surface area contributed by atoms with Gasteiger partial charge in [0.15, 0.2) is 5.78 Å². The average Bonchev–Trinajstić information content (AvgIpc) is 2.64. The minimum atomic E-state index is 0.170. The van der Waals surface area contributed by atoms with Crippen LogP contribution < -0.4 is 0 Å². The molecule has 94 valence electrons. The van der Waals surface area contributed by atoms with Crippen LogP contribution in [0, 0.1) is 13.8 Å². The van der Waals surface area contributed by atoms with Crippen LogP contribution in [0.3, 0.4) is 0 Å². The third-order valence-corrected chi connectivity index (χ3v) is 6.20. The highest BCUT2D eigenvalue weighted by molar-refractivity contribution is 9.13. The van der Waals surface area contributed by atoms with Crippen molar-refractivity contribution in [1.82, 2.24) is 0 Å². The summed E-state index contributed by atoms with van der Waals surface area (Å²) < 4.78 is 1.91. The first-order chi connectivity index (χ1) is 8.49. The van der Waals surface area contributed by atoms with Gasteiger partial charge in [0.05, 0.1) is 8.66 Å². The Balaban J connectivity index is 2.27. The number of rotatable bonds is 3. The molecule has 18 heavy (non-hydrogen) atoms. The summed E-state index contributed by atoms with van der Waals surface area (Å²) in [6.45, 7) is 4.10.